The first-order valence-electron chi connectivity index (χ1n) is 13.8. The number of amides is 1. The standard InChI is InChI=1S/C35H30N2O6/c1-4-42-30-19-25(12-17-29(30)41-3)32-31(34(39)35(40)37(32)27-14-10-23(20-36)11-15-27)33(38)26-13-16-28(22(2)18-26)43-21-24-8-6-5-7-9-24/h5-19,32,38H,4,21H2,1-3H3/b33-31-. The molecule has 1 saturated heterocycles. The van der Waals surface area contributed by atoms with Crippen molar-refractivity contribution in [3.8, 4) is 23.3 Å². The maximum Gasteiger partial charge on any atom is 0.300 e. The van der Waals surface area contributed by atoms with Crippen LogP contribution in [0.4, 0.5) is 5.69 Å². The van der Waals surface area contributed by atoms with Crippen molar-refractivity contribution in [1.29, 1.82) is 5.26 Å². The summed E-state index contributed by atoms with van der Waals surface area (Å²) < 4.78 is 17.2. The molecule has 1 unspecified atom stereocenters. The number of nitrogens with zero attached hydrogens (tertiary/aromatic N) is 2. The number of Topliss-reactive ketones (excluding diaryl/α,β-unsaturated/α-hetero) is 1. The van der Waals surface area contributed by atoms with Crippen molar-refractivity contribution in [1.82, 2.24) is 0 Å². The first-order valence-corrected chi connectivity index (χ1v) is 13.8. The largest absolute Gasteiger partial charge is 0.507 e. The first-order chi connectivity index (χ1) is 20.9. The topological polar surface area (TPSA) is 109 Å². The Kier molecular flexibility index (Phi) is 8.44. The molecule has 1 aliphatic rings. The third-order valence-corrected chi connectivity index (χ3v) is 7.21. The van der Waals surface area contributed by atoms with E-state index in [0.29, 0.717) is 52.8 Å². The molecule has 0 saturated carbocycles. The molecular formula is C35H30N2O6. The number of ketones is 1. The molecule has 8 nitrogen and oxygen atoms in total. The third-order valence-electron chi connectivity index (χ3n) is 7.21. The van der Waals surface area contributed by atoms with Gasteiger partial charge in [-0.2, -0.15) is 5.26 Å². The van der Waals surface area contributed by atoms with E-state index in [1.807, 2.05) is 44.2 Å². The number of hydrogen-bond donors (Lipinski definition) is 1. The van der Waals surface area contributed by atoms with Gasteiger partial charge in [-0.05, 0) is 85.1 Å². The van der Waals surface area contributed by atoms with Gasteiger partial charge in [-0.3, -0.25) is 14.5 Å². The van der Waals surface area contributed by atoms with Crippen LogP contribution in [0.25, 0.3) is 5.76 Å². The molecule has 5 rings (SSSR count). The fraction of sp³-hybridized carbons (Fsp3) is 0.171. The van der Waals surface area contributed by atoms with Crippen LogP contribution in [0.5, 0.6) is 17.2 Å². The number of aryl methyl sites for hydroxylation is 1. The number of aliphatic hydroxyl groups excluding tert-OH is 1. The van der Waals surface area contributed by atoms with Crippen molar-refractivity contribution in [3.63, 3.8) is 0 Å². The van der Waals surface area contributed by atoms with Crippen molar-refractivity contribution in [2.24, 2.45) is 0 Å². The highest BCUT2D eigenvalue weighted by atomic mass is 16.5. The number of anilines is 1. The molecule has 4 aromatic carbocycles. The summed E-state index contributed by atoms with van der Waals surface area (Å²) in [6, 6.07) is 27.4. The Morgan fingerprint density at radius 1 is 0.907 bits per heavy atom. The Morgan fingerprint density at radius 3 is 2.28 bits per heavy atom. The molecule has 0 bridgehead atoms. The minimum absolute atomic E-state index is 0.0701. The number of hydrogen-bond acceptors (Lipinski definition) is 7. The fourth-order valence-electron chi connectivity index (χ4n) is 5.09. The van der Waals surface area contributed by atoms with Crippen molar-refractivity contribution in [2.75, 3.05) is 18.6 Å². The van der Waals surface area contributed by atoms with Crippen LogP contribution in [0.1, 0.15) is 40.8 Å². The number of aliphatic hydroxyl groups is 1. The van der Waals surface area contributed by atoms with Gasteiger partial charge in [-0.25, -0.2) is 0 Å². The highest BCUT2D eigenvalue weighted by molar-refractivity contribution is 6.51. The second-order valence-corrected chi connectivity index (χ2v) is 9.93. The highest BCUT2D eigenvalue weighted by Crippen LogP contribution is 2.44. The van der Waals surface area contributed by atoms with Gasteiger partial charge in [0.15, 0.2) is 11.5 Å². The molecule has 0 aliphatic carbocycles. The number of carbonyl (C=O) groups excluding carboxylic acids is 2. The van der Waals surface area contributed by atoms with E-state index in [1.165, 1.54) is 12.0 Å². The van der Waals surface area contributed by atoms with Gasteiger partial charge in [0.25, 0.3) is 11.7 Å². The van der Waals surface area contributed by atoms with Crippen LogP contribution >= 0.6 is 0 Å². The van der Waals surface area contributed by atoms with Gasteiger partial charge in [0.05, 0.1) is 37.0 Å². The minimum Gasteiger partial charge on any atom is -0.507 e. The van der Waals surface area contributed by atoms with Crippen LogP contribution in [-0.4, -0.2) is 30.5 Å². The summed E-state index contributed by atoms with van der Waals surface area (Å²) in [7, 11) is 1.52. The number of nitriles is 1. The van der Waals surface area contributed by atoms with E-state index in [1.54, 1.807) is 60.7 Å². The van der Waals surface area contributed by atoms with Crippen LogP contribution in [0.3, 0.4) is 0 Å². The molecule has 0 spiro atoms. The van der Waals surface area contributed by atoms with Gasteiger partial charge >= 0.3 is 0 Å². The zero-order valence-electron chi connectivity index (χ0n) is 24.0. The SMILES string of the molecule is CCOc1cc(C2/C(=C(/O)c3ccc(OCc4ccccc4)c(C)c3)C(=O)C(=O)N2c2ccc(C#N)cc2)ccc1OC. The summed E-state index contributed by atoms with van der Waals surface area (Å²) >= 11 is 0. The Morgan fingerprint density at radius 2 is 1.63 bits per heavy atom. The molecule has 43 heavy (non-hydrogen) atoms. The number of carbonyl (C=O) groups is 2. The number of rotatable bonds is 9. The molecule has 4 aromatic rings. The summed E-state index contributed by atoms with van der Waals surface area (Å²) in [4.78, 5) is 28.5. The molecule has 216 valence electrons. The van der Waals surface area contributed by atoms with Crippen molar-refractivity contribution in [3.05, 3.63) is 124 Å². The lowest BCUT2D eigenvalue weighted by Gasteiger charge is -2.26. The van der Waals surface area contributed by atoms with E-state index in [0.717, 1.165) is 11.1 Å². The average Bonchev–Trinajstić information content (AvgIpc) is 3.30. The monoisotopic (exact) mass is 574 g/mol. The van der Waals surface area contributed by atoms with Gasteiger partial charge in [-0.1, -0.05) is 36.4 Å². The van der Waals surface area contributed by atoms with Gasteiger partial charge < -0.3 is 19.3 Å². The summed E-state index contributed by atoms with van der Waals surface area (Å²) in [6.45, 7) is 4.43. The van der Waals surface area contributed by atoms with Gasteiger partial charge in [0, 0.05) is 11.3 Å². The van der Waals surface area contributed by atoms with Crippen LogP contribution < -0.4 is 19.1 Å². The van der Waals surface area contributed by atoms with E-state index < -0.39 is 17.7 Å². The van der Waals surface area contributed by atoms with E-state index >= 15 is 0 Å². The summed E-state index contributed by atoms with van der Waals surface area (Å²) in [5.41, 5.74) is 3.41. The number of benzene rings is 4. The van der Waals surface area contributed by atoms with Crippen LogP contribution in [0, 0.1) is 18.3 Å². The van der Waals surface area contributed by atoms with Crippen molar-refractivity contribution in [2.45, 2.75) is 26.5 Å². The van der Waals surface area contributed by atoms with E-state index in [2.05, 4.69) is 6.07 Å². The van der Waals surface area contributed by atoms with Crippen molar-refractivity contribution < 1.29 is 28.9 Å². The average molecular weight is 575 g/mol. The van der Waals surface area contributed by atoms with Gasteiger partial charge in [-0.15, -0.1) is 0 Å². The first kappa shape index (κ1) is 29.0. The molecule has 1 amide bonds. The van der Waals surface area contributed by atoms with Gasteiger partial charge in [0.1, 0.15) is 18.1 Å². The molecule has 8 heteroatoms. The summed E-state index contributed by atoms with van der Waals surface area (Å²) in [5.74, 6) is -0.393. The van der Waals surface area contributed by atoms with Crippen LogP contribution in [-0.2, 0) is 16.2 Å². The van der Waals surface area contributed by atoms with E-state index in [9.17, 15) is 20.0 Å². The molecule has 1 atom stereocenters. The summed E-state index contributed by atoms with van der Waals surface area (Å²) in [6.07, 6.45) is 0. The molecule has 1 aliphatic heterocycles. The Labute approximate surface area is 250 Å². The predicted octanol–water partition coefficient (Wildman–Crippen LogP) is 6.48. The predicted molar refractivity (Wildman–Crippen MR) is 162 cm³/mol. The molecular weight excluding hydrogens is 544 g/mol. The zero-order valence-corrected chi connectivity index (χ0v) is 24.0. The molecule has 1 fully saturated rings. The molecule has 0 radical (unpaired) electrons. The maximum atomic E-state index is 13.6. The van der Waals surface area contributed by atoms with Crippen LogP contribution in [0.15, 0.2) is 96.6 Å². The lowest BCUT2D eigenvalue weighted by atomic mass is 9.94. The van der Waals surface area contributed by atoms with Crippen LogP contribution in [0.2, 0.25) is 0 Å². The Hall–Kier alpha value is -5.55. The molecule has 0 aromatic heterocycles. The third kappa shape index (κ3) is 5.79. The summed E-state index contributed by atoms with van der Waals surface area (Å²) in [5, 5.41) is 20.9. The molecule has 1 heterocycles. The quantitative estimate of drug-likeness (QED) is 0.138. The highest BCUT2D eigenvalue weighted by Gasteiger charge is 2.47. The Balaban J connectivity index is 1.60. The number of methoxy groups -OCH3 is 1. The fourth-order valence-corrected chi connectivity index (χ4v) is 5.09. The second-order valence-electron chi connectivity index (χ2n) is 9.93. The lowest BCUT2D eigenvalue weighted by Crippen LogP contribution is -2.29. The van der Waals surface area contributed by atoms with Gasteiger partial charge in [0.2, 0.25) is 0 Å². The minimum atomic E-state index is -0.979. The lowest BCUT2D eigenvalue weighted by molar-refractivity contribution is -0.132. The second kappa shape index (κ2) is 12.5. The number of ether oxygens (including phenoxy) is 3. The van der Waals surface area contributed by atoms with E-state index in [-0.39, 0.29) is 11.3 Å². The smallest absolute Gasteiger partial charge is 0.300 e. The normalized spacial score (nSPS) is 15.7. The maximum absolute atomic E-state index is 13.6. The molecule has 1 N–H and O–H groups in total. The zero-order chi connectivity index (χ0) is 30.5. The van der Waals surface area contributed by atoms with E-state index in [4.69, 9.17) is 14.2 Å². The Bertz CT molecular complexity index is 1740. The van der Waals surface area contributed by atoms with Crippen molar-refractivity contribution >= 4 is 23.1 Å².